The summed E-state index contributed by atoms with van der Waals surface area (Å²) in [6.45, 7) is 0.395. The van der Waals surface area contributed by atoms with Gasteiger partial charge >= 0.3 is 0 Å². The van der Waals surface area contributed by atoms with Gasteiger partial charge in [-0.2, -0.15) is 0 Å². The summed E-state index contributed by atoms with van der Waals surface area (Å²) in [6, 6.07) is 12.6. The van der Waals surface area contributed by atoms with Gasteiger partial charge in [0, 0.05) is 9.58 Å². The molecule has 0 amide bonds. The topological polar surface area (TPSA) is 9.23 Å². The number of fused-ring (bicyclic) bond motifs is 1. The molecule has 1 nitrogen and oxygen atoms in total. The third-order valence-electron chi connectivity index (χ3n) is 2.73. The van der Waals surface area contributed by atoms with Gasteiger partial charge in [0.1, 0.15) is 24.0 Å². The summed E-state index contributed by atoms with van der Waals surface area (Å²) in [4.78, 5) is 1.00. The van der Waals surface area contributed by atoms with Crippen molar-refractivity contribution in [1.82, 2.24) is 0 Å². The van der Waals surface area contributed by atoms with E-state index >= 15 is 0 Å². The van der Waals surface area contributed by atoms with Gasteiger partial charge in [0.05, 0.1) is 0 Å². The Hall–Kier alpha value is -1.94. The third-order valence-corrected chi connectivity index (χ3v) is 3.80. The smallest absolute Gasteiger partial charge is 0.124 e. The van der Waals surface area contributed by atoms with Crippen molar-refractivity contribution in [3.05, 3.63) is 65.0 Å². The van der Waals surface area contributed by atoms with Crippen molar-refractivity contribution in [2.24, 2.45) is 0 Å². The zero-order valence-corrected chi connectivity index (χ0v) is 10.7. The fraction of sp³-hybridized carbons (Fsp3) is 0.0667. The fourth-order valence-corrected chi connectivity index (χ4v) is 2.82. The second-order valence-electron chi connectivity index (χ2n) is 4.14. The first-order chi connectivity index (χ1) is 9.20. The lowest BCUT2D eigenvalue weighted by atomic mass is 10.2. The molecule has 3 aromatic rings. The van der Waals surface area contributed by atoms with E-state index in [4.69, 9.17) is 4.74 Å². The standard InChI is InChI=1S/C15H10F2OS/c16-11-3-5-13(6-4-11)18-9-14-7-10-1-2-12(17)8-15(10)19-14/h1-8H,9H2. The van der Waals surface area contributed by atoms with E-state index in [0.29, 0.717) is 12.4 Å². The SMILES string of the molecule is Fc1ccc(OCc2cc3ccc(F)cc3s2)cc1. The molecule has 0 saturated heterocycles. The summed E-state index contributed by atoms with van der Waals surface area (Å²) in [5.74, 6) is 0.0927. The molecule has 0 aliphatic rings. The molecule has 1 aromatic heterocycles. The van der Waals surface area contributed by atoms with Crippen LogP contribution in [0, 0.1) is 11.6 Å². The first kappa shape index (κ1) is 12.1. The molecule has 0 bridgehead atoms. The minimum absolute atomic E-state index is 0.236. The number of benzene rings is 2. The molecule has 0 saturated carbocycles. The summed E-state index contributed by atoms with van der Waals surface area (Å²) in [6.07, 6.45) is 0. The fourth-order valence-electron chi connectivity index (χ4n) is 1.82. The quantitative estimate of drug-likeness (QED) is 0.670. The maximum absolute atomic E-state index is 13.1. The van der Waals surface area contributed by atoms with E-state index in [1.54, 1.807) is 18.2 Å². The first-order valence-corrected chi connectivity index (χ1v) is 6.59. The molecule has 0 N–H and O–H groups in total. The highest BCUT2D eigenvalue weighted by molar-refractivity contribution is 7.19. The number of hydrogen-bond acceptors (Lipinski definition) is 2. The molecule has 3 rings (SSSR count). The Morgan fingerprint density at radius 3 is 2.42 bits per heavy atom. The largest absolute Gasteiger partial charge is 0.488 e. The van der Waals surface area contributed by atoms with Gasteiger partial charge in [-0.05, 0) is 47.9 Å². The molecule has 96 valence electrons. The summed E-state index contributed by atoms with van der Waals surface area (Å²) in [5.41, 5.74) is 0. The Labute approximate surface area is 113 Å². The van der Waals surface area contributed by atoms with Gasteiger partial charge in [-0.1, -0.05) is 6.07 Å². The zero-order valence-electron chi connectivity index (χ0n) is 9.90. The number of thiophene rings is 1. The van der Waals surface area contributed by atoms with Crippen LogP contribution in [-0.2, 0) is 6.61 Å². The predicted octanol–water partition coefficient (Wildman–Crippen LogP) is 4.76. The molecule has 0 unspecified atom stereocenters. The summed E-state index contributed by atoms with van der Waals surface area (Å²) in [7, 11) is 0. The Kier molecular flexibility index (Phi) is 3.17. The highest BCUT2D eigenvalue weighted by atomic mass is 32.1. The summed E-state index contributed by atoms with van der Waals surface area (Å²) < 4.78 is 32.3. The molecular weight excluding hydrogens is 266 g/mol. The molecule has 0 fully saturated rings. The lowest BCUT2D eigenvalue weighted by molar-refractivity contribution is 0.309. The molecule has 2 aromatic carbocycles. The van der Waals surface area contributed by atoms with Crippen molar-refractivity contribution in [3.8, 4) is 5.75 Å². The highest BCUT2D eigenvalue weighted by Gasteiger charge is 2.04. The molecule has 0 aliphatic carbocycles. The van der Waals surface area contributed by atoms with E-state index in [1.807, 2.05) is 6.07 Å². The third kappa shape index (κ3) is 2.74. The van der Waals surface area contributed by atoms with Crippen molar-refractivity contribution in [3.63, 3.8) is 0 Å². The van der Waals surface area contributed by atoms with Gasteiger partial charge < -0.3 is 4.74 Å². The van der Waals surface area contributed by atoms with Crippen molar-refractivity contribution in [2.75, 3.05) is 0 Å². The van der Waals surface area contributed by atoms with Crippen LogP contribution in [0.5, 0.6) is 5.75 Å². The second kappa shape index (κ2) is 4.97. The van der Waals surface area contributed by atoms with Crippen LogP contribution in [-0.4, -0.2) is 0 Å². The minimum atomic E-state index is -0.287. The maximum Gasteiger partial charge on any atom is 0.124 e. The van der Waals surface area contributed by atoms with E-state index in [9.17, 15) is 8.78 Å². The first-order valence-electron chi connectivity index (χ1n) is 5.77. The van der Waals surface area contributed by atoms with Gasteiger partial charge in [0.25, 0.3) is 0 Å². The maximum atomic E-state index is 13.1. The van der Waals surface area contributed by atoms with E-state index in [0.717, 1.165) is 15.0 Å². The Morgan fingerprint density at radius 1 is 0.895 bits per heavy atom. The predicted molar refractivity (Wildman–Crippen MR) is 72.5 cm³/mol. The molecule has 1 heterocycles. The van der Waals surface area contributed by atoms with Crippen LogP contribution in [0.15, 0.2) is 48.5 Å². The van der Waals surface area contributed by atoms with E-state index in [2.05, 4.69) is 0 Å². The van der Waals surface area contributed by atoms with Crippen molar-refractivity contribution in [2.45, 2.75) is 6.61 Å². The number of hydrogen-bond donors (Lipinski definition) is 0. The number of halogens is 2. The van der Waals surface area contributed by atoms with Crippen LogP contribution in [0.2, 0.25) is 0 Å². The van der Waals surface area contributed by atoms with E-state index < -0.39 is 0 Å². The van der Waals surface area contributed by atoms with Crippen LogP contribution < -0.4 is 4.74 Å². The van der Waals surface area contributed by atoms with Crippen LogP contribution in [0.1, 0.15) is 4.88 Å². The molecular formula is C15H10F2OS. The monoisotopic (exact) mass is 276 g/mol. The zero-order chi connectivity index (χ0) is 13.2. The normalized spacial score (nSPS) is 10.8. The van der Waals surface area contributed by atoms with Crippen LogP contribution >= 0.6 is 11.3 Å². The lowest BCUT2D eigenvalue weighted by Gasteiger charge is -2.03. The van der Waals surface area contributed by atoms with Crippen LogP contribution in [0.4, 0.5) is 8.78 Å². The number of ether oxygens (including phenoxy) is 1. The van der Waals surface area contributed by atoms with Crippen LogP contribution in [0.3, 0.4) is 0 Å². The molecule has 0 radical (unpaired) electrons. The molecule has 4 heteroatoms. The Morgan fingerprint density at radius 2 is 1.63 bits per heavy atom. The molecule has 0 spiro atoms. The Bertz CT molecular complexity index is 704. The number of rotatable bonds is 3. The van der Waals surface area contributed by atoms with Gasteiger partial charge in [-0.15, -0.1) is 11.3 Å². The summed E-state index contributed by atoms with van der Waals surface area (Å²) in [5, 5.41) is 1.00. The molecule has 0 aliphatic heterocycles. The summed E-state index contributed by atoms with van der Waals surface area (Å²) >= 11 is 1.49. The van der Waals surface area contributed by atoms with Gasteiger partial charge in [-0.3, -0.25) is 0 Å². The van der Waals surface area contributed by atoms with Gasteiger partial charge in [0.15, 0.2) is 0 Å². The van der Waals surface area contributed by atoms with Crippen molar-refractivity contribution < 1.29 is 13.5 Å². The molecule has 19 heavy (non-hydrogen) atoms. The highest BCUT2D eigenvalue weighted by Crippen LogP contribution is 2.27. The van der Waals surface area contributed by atoms with Gasteiger partial charge in [0.2, 0.25) is 0 Å². The Balaban J connectivity index is 1.76. The van der Waals surface area contributed by atoms with Crippen LogP contribution in [0.25, 0.3) is 10.1 Å². The minimum Gasteiger partial charge on any atom is -0.488 e. The molecule has 0 atom stereocenters. The van der Waals surface area contributed by atoms with E-state index in [1.165, 1.54) is 35.6 Å². The van der Waals surface area contributed by atoms with E-state index in [-0.39, 0.29) is 11.6 Å². The van der Waals surface area contributed by atoms with Crippen molar-refractivity contribution in [1.29, 1.82) is 0 Å². The average molecular weight is 276 g/mol. The van der Waals surface area contributed by atoms with Gasteiger partial charge in [-0.25, -0.2) is 8.78 Å². The van der Waals surface area contributed by atoms with Crippen molar-refractivity contribution >= 4 is 21.4 Å². The average Bonchev–Trinajstić information content (AvgIpc) is 2.80. The lowest BCUT2D eigenvalue weighted by Crippen LogP contribution is -1.92. The second-order valence-corrected chi connectivity index (χ2v) is 5.31.